The van der Waals surface area contributed by atoms with E-state index in [2.05, 4.69) is 26.5 Å². The molecule has 2 N–H and O–H groups in total. The number of phenols is 1. The van der Waals surface area contributed by atoms with Gasteiger partial charge in [-0.25, -0.2) is 23.1 Å². The first-order valence-corrected chi connectivity index (χ1v) is 21.0. The number of aromatic amines is 1. The first-order valence-electron chi connectivity index (χ1n) is 21.0. The number of phenolic OH excluding ortho intramolecular Hbond substituents is 1. The molecule has 0 bridgehead atoms. The van der Waals surface area contributed by atoms with Crippen molar-refractivity contribution >= 4 is 39.4 Å². The first-order chi connectivity index (χ1) is 31.6. The Bertz CT molecular complexity index is 3130. The highest BCUT2D eigenvalue weighted by molar-refractivity contribution is 6.17. The number of ketones is 1. The molecule has 7 aromatic rings. The molecule has 17 heteroatoms. The molecule has 3 aromatic carbocycles. The summed E-state index contributed by atoms with van der Waals surface area (Å²) in [6, 6.07) is 14.4. The largest absolute Gasteiger partial charge is 0.507 e. The van der Waals surface area contributed by atoms with Crippen molar-refractivity contribution in [3.05, 3.63) is 130 Å². The number of methoxy groups -OCH3 is 3. The Kier molecular flexibility index (Phi) is 12.2. The second-order valence-corrected chi connectivity index (χ2v) is 16.2. The fourth-order valence-corrected chi connectivity index (χ4v) is 8.38. The van der Waals surface area contributed by atoms with Gasteiger partial charge in [0.1, 0.15) is 35.4 Å². The van der Waals surface area contributed by atoms with Gasteiger partial charge in [0.25, 0.3) is 5.91 Å². The zero-order chi connectivity index (χ0) is 47.1. The van der Waals surface area contributed by atoms with Gasteiger partial charge in [0.2, 0.25) is 5.75 Å². The lowest BCUT2D eigenvalue weighted by Crippen LogP contribution is -2.54. The Balaban J connectivity index is 1.07. The van der Waals surface area contributed by atoms with Crippen molar-refractivity contribution in [2.75, 3.05) is 52.5 Å². The van der Waals surface area contributed by atoms with Gasteiger partial charge < -0.3 is 38.8 Å². The standard InChI is InChI=1S/C49H47F2N7O8/c1-25(2)41-43(26(3)14-15-52-41)58-47-32(21-35(51)42(54-47)40-34(50)10-9-11-37(40)59)46(55-49(58)62)57-17-16-56(23-28(57)5)48(61)27(4)24-66-39-19-29(18-38(64-7)45(39)65-8)44(60)33-22-53-36-20-30(63-6)12-13-31(33)36/h9-15,18-22,25,28,53,59H,4,16-17,23-24H2,1-3,5-8H3/t28-/m0/s1. The number of halogens is 2. The van der Waals surface area contributed by atoms with E-state index in [1.54, 1.807) is 66.6 Å². The van der Waals surface area contributed by atoms with Gasteiger partial charge in [0.05, 0.1) is 43.7 Å². The molecule has 1 saturated heterocycles. The number of carbonyl (C=O) groups excluding carboxylic acids is 2. The highest BCUT2D eigenvalue weighted by Crippen LogP contribution is 2.41. The number of nitrogens with one attached hydrogen (secondary N) is 1. The summed E-state index contributed by atoms with van der Waals surface area (Å²) in [6.45, 7) is 11.7. The Morgan fingerprint density at radius 3 is 2.42 bits per heavy atom. The predicted octanol–water partition coefficient (Wildman–Crippen LogP) is 7.67. The summed E-state index contributed by atoms with van der Waals surface area (Å²) in [6.07, 6.45) is 3.25. The summed E-state index contributed by atoms with van der Waals surface area (Å²) in [7, 11) is 4.43. The molecule has 66 heavy (non-hydrogen) atoms. The lowest BCUT2D eigenvalue weighted by Gasteiger charge is -2.41. The molecular weight excluding hydrogens is 853 g/mol. The molecule has 15 nitrogen and oxygen atoms in total. The fraction of sp³-hybridized carbons (Fsp3) is 0.265. The van der Waals surface area contributed by atoms with Gasteiger partial charge in [-0.1, -0.05) is 26.5 Å². The van der Waals surface area contributed by atoms with Crippen LogP contribution in [0.3, 0.4) is 0 Å². The van der Waals surface area contributed by atoms with Crippen LogP contribution in [0.25, 0.3) is 38.9 Å². The molecule has 4 aromatic heterocycles. The van der Waals surface area contributed by atoms with Crippen LogP contribution in [0.5, 0.6) is 28.7 Å². The number of amides is 1. The van der Waals surface area contributed by atoms with Gasteiger partial charge in [0, 0.05) is 71.7 Å². The third kappa shape index (κ3) is 8.01. The number of pyridine rings is 2. The summed E-state index contributed by atoms with van der Waals surface area (Å²) in [5, 5.41) is 11.5. The van der Waals surface area contributed by atoms with E-state index in [-0.39, 0.29) is 83.2 Å². The Morgan fingerprint density at radius 2 is 1.73 bits per heavy atom. The van der Waals surface area contributed by atoms with Crippen LogP contribution in [0.15, 0.2) is 90.0 Å². The smallest absolute Gasteiger partial charge is 0.355 e. The van der Waals surface area contributed by atoms with Crippen LogP contribution in [0.2, 0.25) is 0 Å². The number of carbonyl (C=O) groups is 2. The van der Waals surface area contributed by atoms with Crippen LogP contribution in [-0.2, 0) is 4.79 Å². The number of fused-ring (bicyclic) bond motifs is 2. The number of aryl methyl sites for hydroxylation is 1. The number of H-pyrrole nitrogens is 1. The van der Waals surface area contributed by atoms with Gasteiger partial charge in [0.15, 0.2) is 28.7 Å². The predicted molar refractivity (Wildman–Crippen MR) is 245 cm³/mol. The number of aromatic nitrogens is 5. The van der Waals surface area contributed by atoms with Crippen LogP contribution in [0.4, 0.5) is 14.6 Å². The summed E-state index contributed by atoms with van der Waals surface area (Å²) in [4.78, 5) is 62.3. The van der Waals surface area contributed by atoms with E-state index in [1.165, 1.54) is 37.0 Å². The summed E-state index contributed by atoms with van der Waals surface area (Å²) in [5.74, 6) is -1.91. The zero-order valence-electron chi connectivity index (χ0n) is 37.4. The number of ether oxygens (including phenoxy) is 4. The van der Waals surface area contributed by atoms with Gasteiger partial charge in [-0.05, 0) is 73.9 Å². The van der Waals surface area contributed by atoms with Crippen molar-refractivity contribution in [3.63, 3.8) is 0 Å². The zero-order valence-corrected chi connectivity index (χ0v) is 37.4. The van der Waals surface area contributed by atoms with Crippen molar-refractivity contribution < 1.29 is 42.4 Å². The maximum Gasteiger partial charge on any atom is 0.355 e. The number of rotatable bonds is 13. The number of benzene rings is 3. The lowest BCUT2D eigenvalue weighted by molar-refractivity contribution is -0.128. The maximum absolute atomic E-state index is 16.3. The molecule has 1 aliphatic heterocycles. The molecule has 0 radical (unpaired) electrons. The van der Waals surface area contributed by atoms with E-state index in [4.69, 9.17) is 18.9 Å². The molecular formula is C49H47F2N7O8. The van der Waals surface area contributed by atoms with Gasteiger partial charge in [-0.15, -0.1) is 0 Å². The van der Waals surface area contributed by atoms with Gasteiger partial charge >= 0.3 is 5.69 Å². The first kappa shape index (κ1) is 44.8. The minimum absolute atomic E-state index is 0.0294. The molecule has 0 saturated carbocycles. The molecule has 0 unspecified atom stereocenters. The molecule has 0 spiro atoms. The summed E-state index contributed by atoms with van der Waals surface area (Å²) in [5.41, 5.74) is 1.40. The molecule has 0 aliphatic carbocycles. The van der Waals surface area contributed by atoms with Crippen LogP contribution in [0, 0.1) is 18.6 Å². The molecule has 1 fully saturated rings. The molecule has 8 rings (SSSR count). The van der Waals surface area contributed by atoms with Crippen LogP contribution in [0.1, 0.15) is 53.9 Å². The second kappa shape index (κ2) is 18.0. The van der Waals surface area contributed by atoms with Crippen LogP contribution < -0.4 is 29.5 Å². The van der Waals surface area contributed by atoms with Crippen molar-refractivity contribution in [3.8, 4) is 45.7 Å². The van der Waals surface area contributed by atoms with E-state index in [0.717, 1.165) is 17.6 Å². The molecule has 1 aliphatic rings. The monoisotopic (exact) mass is 899 g/mol. The Labute approximate surface area is 377 Å². The van der Waals surface area contributed by atoms with Crippen molar-refractivity contribution in [2.24, 2.45) is 0 Å². The second-order valence-electron chi connectivity index (χ2n) is 16.2. The van der Waals surface area contributed by atoms with E-state index < -0.39 is 46.3 Å². The average molecular weight is 900 g/mol. The van der Waals surface area contributed by atoms with Crippen LogP contribution in [-0.4, -0.2) is 99.8 Å². The third-order valence-electron chi connectivity index (χ3n) is 11.7. The Morgan fingerprint density at radius 1 is 0.955 bits per heavy atom. The van der Waals surface area contributed by atoms with Crippen molar-refractivity contribution in [1.82, 2.24) is 29.4 Å². The van der Waals surface area contributed by atoms with E-state index in [0.29, 0.717) is 33.6 Å². The van der Waals surface area contributed by atoms with Crippen molar-refractivity contribution in [1.29, 1.82) is 0 Å². The van der Waals surface area contributed by atoms with Gasteiger partial charge in [-0.3, -0.25) is 14.6 Å². The van der Waals surface area contributed by atoms with E-state index in [9.17, 15) is 19.5 Å². The molecule has 5 heterocycles. The number of hydrogen-bond acceptors (Lipinski definition) is 12. The number of piperazine rings is 1. The van der Waals surface area contributed by atoms with Crippen molar-refractivity contribution in [2.45, 2.75) is 39.7 Å². The molecule has 340 valence electrons. The minimum Gasteiger partial charge on any atom is -0.507 e. The van der Waals surface area contributed by atoms with Crippen LogP contribution >= 0.6 is 0 Å². The fourth-order valence-electron chi connectivity index (χ4n) is 8.38. The number of aromatic hydroxyl groups is 1. The normalized spacial score (nSPS) is 13.9. The topological polar surface area (TPSA) is 174 Å². The number of hydrogen-bond donors (Lipinski definition) is 2. The van der Waals surface area contributed by atoms with Gasteiger partial charge in [-0.2, -0.15) is 4.98 Å². The Hall–Kier alpha value is -7.82. The third-order valence-corrected chi connectivity index (χ3v) is 11.7. The summed E-state index contributed by atoms with van der Waals surface area (Å²) >= 11 is 0. The number of anilines is 1. The summed E-state index contributed by atoms with van der Waals surface area (Å²) < 4.78 is 55.4. The molecule has 1 amide bonds. The SMILES string of the molecule is C=C(COc1cc(C(=O)c2c[nH]c3cc(OC)ccc23)cc(OC)c1OC)C(=O)N1CCN(c2nc(=O)n(-c3c(C)ccnc3C(C)C)c3nc(-c4c(O)cccc4F)c(F)cc23)[C@@H](C)C1. The highest BCUT2D eigenvalue weighted by Gasteiger charge is 2.33. The minimum atomic E-state index is -0.955. The average Bonchev–Trinajstić information content (AvgIpc) is 3.73. The van der Waals surface area contributed by atoms with E-state index >= 15 is 8.78 Å². The lowest BCUT2D eigenvalue weighted by atomic mass is 10.0. The highest BCUT2D eigenvalue weighted by atomic mass is 19.1. The molecule has 1 atom stereocenters. The maximum atomic E-state index is 16.3. The quantitative estimate of drug-likeness (QED) is 0.0856. The van der Waals surface area contributed by atoms with E-state index in [1.807, 2.05) is 20.8 Å². The number of nitrogens with zero attached hydrogens (tertiary/aromatic N) is 6.